The molecule has 0 aliphatic carbocycles. The van der Waals surface area contributed by atoms with Gasteiger partial charge in [0.15, 0.2) is 6.20 Å². The van der Waals surface area contributed by atoms with E-state index in [1.165, 1.54) is 34.4 Å². The maximum Gasteiger partial charge on any atom is 0.212 e. The van der Waals surface area contributed by atoms with Crippen LogP contribution in [0.1, 0.15) is 42.9 Å². The zero-order chi connectivity index (χ0) is 14.0. The van der Waals surface area contributed by atoms with E-state index in [4.69, 9.17) is 0 Å². The Hall–Kier alpha value is -1.63. The van der Waals surface area contributed by atoms with Crippen molar-refractivity contribution in [3.05, 3.63) is 53.2 Å². The number of aryl methyl sites for hydroxylation is 3. The smallest absolute Gasteiger partial charge is 0.201 e. The molecule has 0 amide bonds. The SMILES string of the molecule is CCC(C)c1cc(C)c(-c2cccc[n+]2C)cc1C. The number of rotatable bonds is 3. The summed E-state index contributed by atoms with van der Waals surface area (Å²) in [5.41, 5.74) is 6.87. The predicted molar refractivity (Wildman–Crippen MR) is 81.2 cm³/mol. The minimum absolute atomic E-state index is 0.636. The van der Waals surface area contributed by atoms with E-state index in [-0.39, 0.29) is 0 Å². The van der Waals surface area contributed by atoms with Gasteiger partial charge in [0.05, 0.1) is 0 Å². The first kappa shape index (κ1) is 13.8. The van der Waals surface area contributed by atoms with E-state index in [1.54, 1.807) is 0 Å². The van der Waals surface area contributed by atoms with Crippen LogP contribution in [0.25, 0.3) is 11.3 Å². The molecule has 1 aromatic heterocycles. The molecular weight excluding hydrogens is 230 g/mol. The van der Waals surface area contributed by atoms with Crippen LogP contribution in [0, 0.1) is 13.8 Å². The molecule has 0 N–H and O–H groups in total. The highest BCUT2D eigenvalue weighted by atomic mass is 14.9. The van der Waals surface area contributed by atoms with Crippen LogP contribution in [0.5, 0.6) is 0 Å². The Morgan fingerprint density at radius 1 is 1.11 bits per heavy atom. The Morgan fingerprint density at radius 3 is 2.47 bits per heavy atom. The summed E-state index contributed by atoms with van der Waals surface area (Å²) >= 11 is 0. The fourth-order valence-corrected chi connectivity index (χ4v) is 2.67. The number of hydrogen-bond donors (Lipinski definition) is 0. The molecular formula is C18H24N+. The highest BCUT2D eigenvalue weighted by Gasteiger charge is 2.15. The quantitative estimate of drug-likeness (QED) is 0.719. The third-order valence-electron chi connectivity index (χ3n) is 4.09. The van der Waals surface area contributed by atoms with Gasteiger partial charge in [-0.05, 0) is 55.0 Å². The Balaban J connectivity index is 2.56. The molecule has 100 valence electrons. The number of nitrogens with zero attached hydrogens (tertiary/aromatic N) is 1. The van der Waals surface area contributed by atoms with Crippen molar-refractivity contribution in [2.75, 3.05) is 0 Å². The molecule has 2 aromatic rings. The molecule has 0 radical (unpaired) electrons. The Bertz CT molecular complexity index is 584. The number of pyridine rings is 1. The van der Waals surface area contributed by atoms with E-state index in [0.29, 0.717) is 5.92 Å². The predicted octanol–water partition coefficient (Wildman–Crippen LogP) is 4.31. The van der Waals surface area contributed by atoms with Gasteiger partial charge in [0.25, 0.3) is 0 Å². The van der Waals surface area contributed by atoms with Crippen molar-refractivity contribution in [2.24, 2.45) is 7.05 Å². The molecule has 0 spiro atoms. The fraction of sp³-hybridized carbons (Fsp3) is 0.389. The van der Waals surface area contributed by atoms with Crippen molar-refractivity contribution in [2.45, 2.75) is 40.0 Å². The summed E-state index contributed by atoms with van der Waals surface area (Å²) in [5, 5.41) is 0. The summed E-state index contributed by atoms with van der Waals surface area (Å²) in [6, 6.07) is 11.1. The summed E-state index contributed by atoms with van der Waals surface area (Å²) in [4.78, 5) is 0. The van der Waals surface area contributed by atoms with E-state index in [2.05, 4.69) is 75.8 Å². The van der Waals surface area contributed by atoms with Crippen molar-refractivity contribution >= 4 is 0 Å². The molecule has 1 heteroatoms. The Labute approximate surface area is 116 Å². The maximum atomic E-state index is 2.37. The lowest BCUT2D eigenvalue weighted by molar-refractivity contribution is -0.660. The van der Waals surface area contributed by atoms with Crippen LogP contribution in [0.4, 0.5) is 0 Å². The standard InChI is InChI=1S/C18H24N/c1-6-13(2)16-11-15(4)17(12-14(16)3)18-9-7-8-10-19(18)5/h7-13H,6H2,1-5H3/q+1. The van der Waals surface area contributed by atoms with Crippen LogP contribution in [0.15, 0.2) is 36.5 Å². The molecule has 0 saturated heterocycles. The minimum atomic E-state index is 0.636. The van der Waals surface area contributed by atoms with Crippen molar-refractivity contribution in [1.82, 2.24) is 0 Å². The minimum Gasteiger partial charge on any atom is -0.201 e. The number of hydrogen-bond acceptors (Lipinski definition) is 0. The normalized spacial score (nSPS) is 12.5. The van der Waals surface area contributed by atoms with E-state index >= 15 is 0 Å². The molecule has 1 aromatic carbocycles. The lowest BCUT2D eigenvalue weighted by Crippen LogP contribution is -2.30. The van der Waals surface area contributed by atoms with Crippen molar-refractivity contribution in [1.29, 1.82) is 0 Å². The highest BCUT2D eigenvalue weighted by molar-refractivity contribution is 5.63. The van der Waals surface area contributed by atoms with Crippen LogP contribution >= 0.6 is 0 Å². The molecule has 0 saturated carbocycles. The van der Waals surface area contributed by atoms with Crippen molar-refractivity contribution < 1.29 is 4.57 Å². The van der Waals surface area contributed by atoms with E-state index in [9.17, 15) is 0 Å². The monoisotopic (exact) mass is 254 g/mol. The number of aromatic nitrogens is 1. The van der Waals surface area contributed by atoms with Gasteiger partial charge in [0.1, 0.15) is 7.05 Å². The van der Waals surface area contributed by atoms with E-state index in [1.807, 2.05) is 0 Å². The highest BCUT2D eigenvalue weighted by Crippen LogP contribution is 2.29. The lowest BCUT2D eigenvalue weighted by atomic mass is 9.89. The Morgan fingerprint density at radius 2 is 1.84 bits per heavy atom. The van der Waals surface area contributed by atoms with Crippen molar-refractivity contribution in [3.8, 4) is 11.3 Å². The van der Waals surface area contributed by atoms with Gasteiger partial charge in [-0.15, -0.1) is 0 Å². The molecule has 19 heavy (non-hydrogen) atoms. The molecule has 1 atom stereocenters. The fourth-order valence-electron chi connectivity index (χ4n) is 2.67. The summed E-state index contributed by atoms with van der Waals surface area (Å²) in [5.74, 6) is 0.636. The summed E-state index contributed by atoms with van der Waals surface area (Å²) in [7, 11) is 2.10. The van der Waals surface area contributed by atoms with Gasteiger partial charge in [-0.1, -0.05) is 19.9 Å². The first-order chi connectivity index (χ1) is 9.04. The summed E-state index contributed by atoms with van der Waals surface area (Å²) < 4.78 is 2.19. The van der Waals surface area contributed by atoms with Gasteiger partial charge in [-0.25, -0.2) is 4.57 Å². The Kier molecular flexibility index (Phi) is 4.04. The van der Waals surface area contributed by atoms with Gasteiger partial charge in [0, 0.05) is 17.7 Å². The third-order valence-corrected chi connectivity index (χ3v) is 4.09. The third kappa shape index (κ3) is 2.70. The van der Waals surface area contributed by atoms with Crippen LogP contribution < -0.4 is 4.57 Å². The second-order valence-electron chi connectivity index (χ2n) is 5.53. The van der Waals surface area contributed by atoms with E-state index < -0.39 is 0 Å². The average Bonchev–Trinajstić information content (AvgIpc) is 2.41. The maximum absolute atomic E-state index is 2.37. The molecule has 1 heterocycles. The van der Waals surface area contributed by atoms with Crippen molar-refractivity contribution in [3.63, 3.8) is 0 Å². The first-order valence-electron chi connectivity index (χ1n) is 7.10. The van der Waals surface area contributed by atoms with Crippen LogP contribution in [0.2, 0.25) is 0 Å². The largest absolute Gasteiger partial charge is 0.212 e. The molecule has 0 aliphatic heterocycles. The molecule has 1 unspecified atom stereocenters. The topological polar surface area (TPSA) is 3.88 Å². The van der Waals surface area contributed by atoms with Gasteiger partial charge >= 0.3 is 0 Å². The molecule has 0 aliphatic rings. The second kappa shape index (κ2) is 5.56. The van der Waals surface area contributed by atoms with Gasteiger partial charge < -0.3 is 0 Å². The van der Waals surface area contributed by atoms with E-state index in [0.717, 1.165) is 0 Å². The molecule has 0 fully saturated rings. The summed E-state index contributed by atoms with van der Waals surface area (Å²) in [6.45, 7) is 9.01. The molecule has 2 rings (SSSR count). The first-order valence-corrected chi connectivity index (χ1v) is 7.10. The van der Waals surface area contributed by atoms with Gasteiger partial charge in [-0.2, -0.15) is 0 Å². The van der Waals surface area contributed by atoms with Crippen LogP contribution in [0.3, 0.4) is 0 Å². The zero-order valence-corrected chi connectivity index (χ0v) is 12.7. The molecule has 0 bridgehead atoms. The van der Waals surface area contributed by atoms with Gasteiger partial charge in [0.2, 0.25) is 5.69 Å². The van der Waals surface area contributed by atoms with Crippen LogP contribution in [-0.4, -0.2) is 0 Å². The summed E-state index contributed by atoms with van der Waals surface area (Å²) in [6.07, 6.45) is 3.30. The van der Waals surface area contributed by atoms with Crippen LogP contribution in [-0.2, 0) is 7.05 Å². The number of benzene rings is 1. The average molecular weight is 254 g/mol. The zero-order valence-electron chi connectivity index (χ0n) is 12.7. The molecule has 1 nitrogen and oxygen atoms in total. The lowest BCUT2D eigenvalue weighted by Gasteiger charge is -2.15. The second-order valence-corrected chi connectivity index (χ2v) is 5.53. The van der Waals surface area contributed by atoms with Gasteiger partial charge in [-0.3, -0.25) is 0 Å².